The zero-order chi connectivity index (χ0) is 17.8. The van der Waals surface area contributed by atoms with Crippen molar-refractivity contribution >= 4 is 17.6 Å². The lowest BCUT2D eigenvalue weighted by molar-refractivity contribution is -0.143. The molecule has 0 aliphatic heterocycles. The van der Waals surface area contributed by atoms with Gasteiger partial charge in [-0.2, -0.15) is 5.10 Å². The molecule has 1 amide bonds. The molecule has 0 aromatic heterocycles. The zero-order valence-electron chi connectivity index (χ0n) is 14.0. The number of benzene rings is 1. The van der Waals surface area contributed by atoms with Crippen LogP contribution in [0.25, 0.3) is 0 Å². The number of carbonyl (C=O) groups is 2. The molecule has 0 bridgehead atoms. The third kappa shape index (κ3) is 7.44. The molecule has 7 heteroatoms. The number of hydrazone groups is 1. The number of hydrogen-bond donors (Lipinski definition) is 2. The van der Waals surface area contributed by atoms with Gasteiger partial charge in [-0.05, 0) is 43.7 Å². The Morgan fingerprint density at radius 3 is 2.54 bits per heavy atom. The van der Waals surface area contributed by atoms with Crippen molar-refractivity contribution in [3.8, 4) is 5.75 Å². The highest BCUT2D eigenvalue weighted by Gasteiger charge is 2.03. The van der Waals surface area contributed by atoms with E-state index in [-0.39, 0.29) is 5.97 Å². The highest BCUT2D eigenvalue weighted by atomic mass is 16.5. The number of nitrogens with two attached hydrogens (primary N) is 1. The van der Waals surface area contributed by atoms with Crippen LogP contribution in [0.3, 0.4) is 0 Å². The molecule has 130 valence electrons. The second-order valence-corrected chi connectivity index (χ2v) is 4.78. The predicted molar refractivity (Wildman–Crippen MR) is 91.7 cm³/mol. The summed E-state index contributed by atoms with van der Waals surface area (Å²) in [6, 6.07) is 7.24. The molecule has 0 saturated carbocycles. The van der Waals surface area contributed by atoms with E-state index in [9.17, 15) is 9.59 Å². The molecule has 3 N–H and O–H groups in total. The highest BCUT2D eigenvalue weighted by Crippen LogP contribution is 2.12. The lowest BCUT2D eigenvalue weighted by Crippen LogP contribution is -2.14. The maximum Gasteiger partial charge on any atom is 0.305 e. The first-order chi connectivity index (χ1) is 11.6. The third-order valence-electron chi connectivity index (χ3n) is 2.97. The van der Waals surface area contributed by atoms with Crippen LogP contribution in [0.1, 0.15) is 25.3 Å². The van der Waals surface area contributed by atoms with Gasteiger partial charge in [0.05, 0.1) is 19.4 Å². The largest absolute Gasteiger partial charge is 0.497 e. The summed E-state index contributed by atoms with van der Waals surface area (Å²) in [6.45, 7) is 2.65. The van der Waals surface area contributed by atoms with E-state index in [1.54, 1.807) is 26.2 Å². The Balaban J connectivity index is 2.67. The van der Waals surface area contributed by atoms with Gasteiger partial charge in [-0.1, -0.05) is 0 Å². The smallest absolute Gasteiger partial charge is 0.305 e. The molecule has 1 aromatic rings. The van der Waals surface area contributed by atoms with Crippen LogP contribution in [0, 0.1) is 0 Å². The lowest BCUT2D eigenvalue weighted by Gasteiger charge is -2.06. The molecule has 0 radical (unpaired) electrons. The van der Waals surface area contributed by atoms with Gasteiger partial charge in [-0.15, -0.1) is 0 Å². The fourth-order valence-corrected chi connectivity index (χ4v) is 1.81. The van der Waals surface area contributed by atoms with E-state index < -0.39 is 5.91 Å². The summed E-state index contributed by atoms with van der Waals surface area (Å²) in [5, 5.41) is 4.24. The van der Waals surface area contributed by atoms with Gasteiger partial charge in [0.1, 0.15) is 5.75 Å². The predicted octanol–water partition coefficient (Wildman–Crippen LogP) is 1.37. The Labute approximate surface area is 141 Å². The molecule has 0 atom stereocenters. The first-order valence-corrected chi connectivity index (χ1v) is 7.65. The van der Waals surface area contributed by atoms with Gasteiger partial charge < -0.3 is 20.6 Å². The minimum Gasteiger partial charge on any atom is -0.497 e. The van der Waals surface area contributed by atoms with E-state index in [0.717, 1.165) is 11.3 Å². The molecule has 0 unspecified atom stereocenters. The monoisotopic (exact) mass is 333 g/mol. The minimum absolute atomic E-state index is 0.229. The molecule has 0 spiro atoms. The van der Waals surface area contributed by atoms with Crippen molar-refractivity contribution in [1.29, 1.82) is 0 Å². The normalized spacial score (nSPS) is 11.3. The maximum atomic E-state index is 11.2. The van der Waals surface area contributed by atoms with Crippen LogP contribution < -0.4 is 15.9 Å². The number of esters is 1. The number of ether oxygens (including phenoxy) is 2. The molecular weight excluding hydrogens is 310 g/mol. The topological polar surface area (TPSA) is 103 Å². The summed E-state index contributed by atoms with van der Waals surface area (Å²) < 4.78 is 9.96. The Hall–Kier alpha value is -2.83. The second-order valence-electron chi connectivity index (χ2n) is 4.78. The molecule has 0 fully saturated rings. The number of methoxy groups -OCH3 is 1. The Morgan fingerprint density at radius 2 is 1.96 bits per heavy atom. The minimum atomic E-state index is -0.557. The number of rotatable bonds is 10. The van der Waals surface area contributed by atoms with E-state index in [0.29, 0.717) is 31.7 Å². The second kappa shape index (κ2) is 10.8. The summed E-state index contributed by atoms with van der Waals surface area (Å²) in [6.07, 6.45) is 3.69. The van der Waals surface area contributed by atoms with E-state index in [4.69, 9.17) is 15.2 Å². The van der Waals surface area contributed by atoms with Crippen LogP contribution in [0.4, 0.5) is 0 Å². The quantitative estimate of drug-likeness (QED) is 0.221. The number of hydrogen-bond acceptors (Lipinski definition) is 6. The van der Waals surface area contributed by atoms with Gasteiger partial charge >= 0.3 is 5.97 Å². The van der Waals surface area contributed by atoms with Gasteiger partial charge in [0, 0.05) is 24.6 Å². The van der Waals surface area contributed by atoms with Crippen LogP contribution in [-0.4, -0.2) is 37.8 Å². The first-order valence-electron chi connectivity index (χ1n) is 7.65. The van der Waals surface area contributed by atoms with Crippen LogP contribution >= 0.6 is 0 Å². The summed E-state index contributed by atoms with van der Waals surface area (Å²) >= 11 is 0. The number of nitrogens with zero attached hydrogens (tertiary/aromatic N) is 1. The average molecular weight is 333 g/mol. The SMILES string of the molecule is CCOC(=O)CCCN/N=C(\C=C/C(N)=O)c1ccc(OC)cc1. The standard InChI is InChI=1S/C17H23N3O4/c1-3-24-17(22)5-4-12-19-20-15(10-11-16(18)21)13-6-8-14(23-2)9-7-13/h6-11,19H,3-5,12H2,1-2H3,(H2,18,21)/b11-10-,20-15+. The van der Waals surface area contributed by atoms with Gasteiger partial charge in [0.2, 0.25) is 5.91 Å². The van der Waals surface area contributed by atoms with E-state index in [1.807, 2.05) is 12.1 Å². The summed E-state index contributed by atoms with van der Waals surface area (Å²) in [4.78, 5) is 22.2. The summed E-state index contributed by atoms with van der Waals surface area (Å²) in [7, 11) is 1.59. The van der Waals surface area contributed by atoms with Crippen LogP contribution in [0.2, 0.25) is 0 Å². The number of amides is 1. The number of primary amides is 1. The van der Waals surface area contributed by atoms with Gasteiger partial charge in [0.15, 0.2) is 0 Å². The maximum absolute atomic E-state index is 11.2. The number of carbonyl (C=O) groups excluding carboxylic acids is 2. The first kappa shape index (κ1) is 19.2. The van der Waals surface area contributed by atoms with E-state index >= 15 is 0 Å². The Bertz CT molecular complexity index is 594. The number of allylic oxidation sites excluding steroid dienone is 1. The molecule has 7 nitrogen and oxygen atoms in total. The fraction of sp³-hybridized carbons (Fsp3) is 0.353. The lowest BCUT2D eigenvalue weighted by atomic mass is 10.1. The summed E-state index contributed by atoms with van der Waals surface area (Å²) in [5.41, 5.74) is 9.36. The zero-order valence-corrected chi connectivity index (χ0v) is 14.0. The van der Waals surface area contributed by atoms with Crippen molar-refractivity contribution in [2.75, 3.05) is 20.3 Å². The van der Waals surface area contributed by atoms with E-state index in [1.165, 1.54) is 12.2 Å². The molecule has 0 aliphatic carbocycles. The fourth-order valence-electron chi connectivity index (χ4n) is 1.81. The highest BCUT2D eigenvalue weighted by molar-refractivity contribution is 6.10. The van der Waals surface area contributed by atoms with Crippen LogP contribution in [-0.2, 0) is 14.3 Å². The summed E-state index contributed by atoms with van der Waals surface area (Å²) in [5.74, 6) is -0.0646. The van der Waals surface area contributed by atoms with Gasteiger partial charge in [-0.3, -0.25) is 9.59 Å². The number of nitrogens with one attached hydrogen (secondary N) is 1. The molecule has 1 aromatic carbocycles. The van der Waals surface area contributed by atoms with Crippen molar-refractivity contribution in [3.63, 3.8) is 0 Å². The van der Waals surface area contributed by atoms with Crippen LogP contribution in [0.15, 0.2) is 41.5 Å². The molecule has 24 heavy (non-hydrogen) atoms. The molecular formula is C17H23N3O4. The van der Waals surface area contributed by atoms with Crippen molar-refractivity contribution < 1.29 is 19.1 Å². The van der Waals surface area contributed by atoms with Gasteiger partial charge in [-0.25, -0.2) is 0 Å². The molecule has 0 aliphatic rings. The average Bonchev–Trinajstić information content (AvgIpc) is 2.57. The molecule has 1 rings (SSSR count). The van der Waals surface area contributed by atoms with Crippen molar-refractivity contribution in [2.45, 2.75) is 19.8 Å². The molecule has 0 saturated heterocycles. The van der Waals surface area contributed by atoms with Crippen LogP contribution in [0.5, 0.6) is 5.75 Å². The van der Waals surface area contributed by atoms with Crippen molar-refractivity contribution in [1.82, 2.24) is 5.43 Å². The van der Waals surface area contributed by atoms with E-state index in [2.05, 4.69) is 10.5 Å². The van der Waals surface area contributed by atoms with Gasteiger partial charge in [0.25, 0.3) is 0 Å². The Morgan fingerprint density at radius 1 is 1.25 bits per heavy atom. The third-order valence-corrected chi connectivity index (χ3v) is 2.97. The Kier molecular flexibility index (Phi) is 8.67. The van der Waals surface area contributed by atoms with Crippen molar-refractivity contribution in [2.24, 2.45) is 10.8 Å². The molecule has 0 heterocycles. The van der Waals surface area contributed by atoms with Crippen molar-refractivity contribution in [3.05, 3.63) is 42.0 Å².